The number of ether oxygens (including phenoxy) is 2. The summed E-state index contributed by atoms with van der Waals surface area (Å²) in [6.45, 7) is 4.79. The number of rotatable bonds is 6. The molecule has 21 heavy (non-hydrogen) atoms. The Morgan fingerprint density at radius 3 is 2.38 bits per heavy atom. The monoisotopic (exact) mass is 285 g/mol. The standard InChI is InChI=1S/C18H23NO2/c1-13-11-16(14(2)19-3)7-10-18(13)21-12-15-5-8-17(20-4)9-6-15/h5-11,14,19H,12H2,1-4H3. The van der Waals surface area contributed by atoms with Gasteiger partial charge in [-0.25, -0.2) is 0 Å². The first kappa shape index (κ1) is 15.4. The third-order valence-corrected chi connectivity index (χ3v) is 3.69. The van der Waals surface area contributed by atoms with E-state index in [1.807, 2.05) is 37.4 Å². The molecule has 3 nitrogen and oxygen atoms in total. The summed E-state index contributed by atoms with van der Waals surface area (Å²) in [4.78, 5) is 0. The summed E-state index contributed by atoms with van der Waals surface area (Å²) in [5.74, 6) is 1.79. The van der Waals surface area contributed by atoms with Crippen LogP contribution in [0.3, 0.4) is 0 Å². The van der Waals surface area contributed by atoms with Crippen molar-refractivity contribution in [3.05, 3.63) is 59.2 Å². The van der Waals surface area contributed by atoms with Crippen LogP contribution in [0.5, 0.6) is 11.5 Å². The van der Waals surface area contributed by atoms with Crippen molar-refractivity contribution in [2.75, 3.05) is 14.2 Å². The molecule has 0 spiro atoms. The van der Waals surface area contributed by atoms with Crippen molar-refractivity contribution in [2.24, 2.45) is 0 Å². The number of hydrogen-bond donors (Lipinski definition) is 1. The molecule has 0 amide bonds. The molecule has 2 rings (SSSR count). The molecule has 0 aromatic heterocycles. The van der Waals surface area contributed by atoms with Crippen LogP contribution in [0.25, 0.3) is 0 Å². The summed E-state index contributed by atoms with van der Waals surface area (Å²) in [5.41, 5.74) is 3.55. The summed E-state index contributed by atoms with van der Waals surface area (Å²) >= 11 is 0. The zero-order valence-corrected chi connectivity index (χ0v) is 13.1. The Bertz CT molecular complexity index is 578. The van der Waals surface area contributed by atoms with Gasteiger partial charge in [0.05, 0.1) is 7.11 Å². The van der Waals surface area contributed by atoms with Crippen molar-refractivity contribution in [1.82, 2.24) is 5.32 Å². The fourth-order valence-electron chi connectivity index (χ4n) is 2.15. The highest BCUT2D eigenvalue weighted by atomic mass is 16.5. The van der Waals surface area contributed by atoms with Crippen LogP contribution in [-0.4, -0.2) is 14.2 Å². The highest BCUT2D eigenvalue weighted by molar-refractivity contribution is 5.37. The van der Waals surface area contributed by atoms with E-state index >= 15 is 0 Å². The molecule has 0 bridgehead atoms. The van der Waals surface area contributed by atoms with Gasteiger partial charge in [0.15, 0.2) is 0 Å². The molecule has 0 saturated heterocycles. The lowest BCUT2D eigenvalue weighted by atomic mass is 10.1. The van der Waals surface area contributed by atoms with E-state index in [0.29, 0.717) is 12.6 Å². The SMILES string of the molecule is CNC(C)c1ccc(OCc2ccc(OC)cc2)c(C)c1. The largest absolute Gasteiger partial charge is 0.497 e. The molecule has 0 heterocycles. The van der Waals surface area contributed by atoms with Gasteiger partial charge in [-0.15, -0.1) is 0 Å². The van der Waals surface area contributed by atoms with Gasteiger partial charge in [-0.2, -0.15) is 0 Å². The molecule has 1 unspecified atom stereocenters. The summed E-state index contributed by atoms with van der Waals surface area (Å²) in [6.07, 6.45) is 0. The Morgan fingerprint density at radius 1 is 1.10 bits per heavy atom. The van der Waals surface area contributed by atoms with Gasteiger partial charge >= 0.3 is 0 Å². The summed E-state index contributed by atoms with van der Waals surface area (Å²) in [7, 11) is 3.64. The van der Waals surface area contributed by atoms with Crippen LogP contribution in [0.15, 0.2) is 42.5 Å². The van der Waals surface area contributed by atoms with Gasteiger partial charge in [0.1, 0.15) is 18.1 Å². The molecular formula is C18H23NO2. The average molecular weight is 285 g/mol. The van der Waals surface area contributed by atoms with Crippen LogP contribution in [0, 0.1) is 6.92 Å². The van der Waals surface area contributed by atoms with Gasteiger partial charge in [-0.3, -0.25) is 0 Å². The molecule has 0 saturated carbocycles. The molecule has 0 aliphatic carbocycles. The number of benzene rings is 2. The molecule has 0 radical (unpaired) electrons. The van der Waals surface area contributed by atoms with Crippen molar-refractivity contribution in [2.45, 2.75) is 26.5 Å². The van der Waals surface area contributed by atoms with Crippen molar-refractivity contribution in [1.29, 1.82) is 0 Å². The topological polar surface area (TPSA) is 30.5 Å². The van der Waals surface area contributed by atoms with Gasteiger partial charge in [-0.05, 0) is 55.8 Å². The number of nitrogens with one attached hydrogen (secondary N) is 1. The van der Waals surface area contributed by atoms with Gasteiger partial charge < -0.3 is 14.8 Å². The van der Waals surface area contributed by atoms with Crippen molar-refractivity contribution < 1.29 is 9.47 Å². The number of hydrogen-bond acceptors (Lipinski definition) is 3. The van der Waals surface area contributed by atoms with Crippen LogP contribution in [0.2, 0.25) is 0 Å². The van der Waals surface area contributed by atoms with Crippen molar-refractivity contribution in [3.8, 4) is 11.5 Å². The second kappa shape index (κ2) is 7.14. The van der Waals surface area contributed by atoms with Crippen LogP contribution in [0.4, 0.5) is 0 Å². The summed E-state index contributed by atoms with van der Waals surface area (Å²) in [5, 5.41) is 3.24. The minimum atomic E-state index is 0.347. The highest BCUT2D eigenvalue weighted by Crippen LogP contribution is 2.23. The molecule has 3 heteroatoms. The fourth-order valence-corrected chi connectivity index (χ4v) is 2.15. The molecular weight excluding hydrogens is 262 g/mol. The van der Waals surface area contributed by atoms with Gasteiger partial charge in [0, 0.05) is 6.04 Å². The third-order valence-electron chi connectivity index (χ3n) is 3.69. The lowest BCUT2D eigenvalue weighted by Gasteiger charge is -2.14. The Labute approximate surface area is 126 Å². The van der Waals surface area contributed by atoms with Crippen molar-refractivity contribution in [3.63, 3.8) is 0 Å². The molecule has 2 aromatic carbocycles. The number of aryl methyl sites for hydroxylation is 1. The van der Waals surface area contributed by atoms with E-state index in [1.54, 1.807) is 7.11 Å². The second-order valence-corrected chi connectivity index (χ2v) is 5.17. The smallest absolute Gasteiger partial charge is 0.122 e. The van der Waals surface area contributed by atoms with Gasteiger partial charge in [0.25, 0.3) is 0 Å². The molecule has 1 N–H and O–H groups in total. The van der Waals surface area contributed by atoms with E-state index in [0.717, 1.165) is 22.6 Å². The van der Waals surface area contributed by atoms with Crippen LogP contribution in [-0.2, 0) is 6.61 Å². The minimum absolute atomic E-state index is 0.347. The van der Waals surface area contributed by atoms with E-state index in [1.165, 1.54) is 5.56 Å². The first-order valence-corrected chi connectivity index (χ1v) is 7.17. The maximum atomic E-state index is 5.90. The van der Waals surface area contributed by atoms with Crippen LogP contribution < -0.4 is 14.8 Å². The van der Waals surface area contributed by atoms with Crippen LogP contribution >= 0.6 is 0 Å². The molecule has 1 atom stereocenters. The molecule has 0 aliphatic heterocycles. The fraction of sp³-hybridized carbons (Fsp3) is 0.333. The first-order chi connectivity index (χ1) is 10.1. The molecule has 2 aromatic rings. The summed E-state index contributed by atoms with van der Waals surface area (Å²) < 4.78 is 11.1. The Hall–Kier alpha value is -2.00. The lowest BCUT2D eigenvalue weighted by molar-refractivity contribution is 0.303. The molecule has 112 valence electrons. The summed E-state index contributed by atoms with van der Waals surface area (Å²) in [6, 6.07) is 14.6. The maximum Gasteiger partial charge on any atom is 0.122 e. The normalized spacial score (nSPS) is 12.0. The highest BCUT2D eigenvalue weighted by Gasteiger charge is 2.06. The Morgan fingerprint density at radius 2 is 1.81 bits per heavy atom. The van der Waals surface area contributed by atoms with Crippen molar-refractivity contribution >= 4 is 0 Å². The van der Waals surface area contributed by atoms with Gasteiger partial charge in [-0.1, -0.05) is 24.3 Å². The first-order valence-electron chi connectivity index (χ1n) is 7.17. The van der Waals surface area contributed by atoms with Crippen LogP contribution in [0.1, 0.15) is 29.7 Å². The van der Waals surface area contributed by atoms with E-state index in [-0.39, 0.29) is 0 Å². The third kappa shape index (κ3) is 3.99. The predicted molar refractivity (Wildman–Crippen MR) is 86.0 cm³/mol. The van der Waals surface area contributed by atoms with E-state index in [2.05, 4.69) is 31.3 Å². The predicted octanol–water partition coefficient (Wildman–Crippen LogP) is 3.86. The Balaban J connectivity index is 2.02. The Kier molecular flexibility index (Phi) is 5.23. The quantitative estimate of drug-likeness (QED) is 0.874. The zero-order chi connectivity index (χ0) is 15.2. The number of methoxy groups -OCH3 is 1. The maximum absolute atomic E-state index is 5.90. The molecule has 0 aliphatic rings. The average Bonchev–Trinajstić information content (AvgIpc) is 2.53. The lowest BCUT2D eigenvalue weighted by Crippen LogP contribution is -2.12. The zero-order valence-electron chi connectivity index (χ0n) is 13.1. The second-order valence-electron chi connectivity index (χ2n) is 5.17. The molecule has 0 fully saturated rings. The van der Waals surface area contributed by atoms with E-state index in [4.69, 9.17) is 9.47 Å². The minimum Gasteiger partial charge on any atom is -0.497 e. The van der Waals surface area contributed by atoms with E-state index < -0.39 is 0 Å². The van der Waals surface area contributed by atoms with E-state index in [9.17, 15) is 0 Å². The van der Waals surface area contributed by atoms with Gasteiger partial charge in [0.2, 0.25) is 0 Å².